The maximum atomic E-state index is 12.0. The minimum absolute atomic E-state index is 0.215. The predicted molar refractivity (Wildman–Crippen MR) is 70.6 cm³/mol. The third-order valence-corrected chi connectivity index (χ3v) is 2.90. The van der Waals surface area contributed by atoms with Crippen molar-refractivity contribution in [2.45, 2.75) is 19.4 Å². The van der Waals surface area contributed by atoms with Gasteiger partial charge in [0.1, 0.15) is 0 Å². The fourth-order valence-corrected chi connectivity index (χ4v) is 1.86. The smallest absolute Gasteiger partial charge is 0.0906 e. The summed E-state index contributed by atoms with van der Waals surface area (Å²) in [5.41, 5.74) is 2.22. The third kappa shape index (κ3) is 3.17. The highest BCUT2D eigenvalue weighted by atomic mass is 19.1. The molecule has 1 aromatic heterocycles. The van der Waals surface area contributed by atoms with E-state index in [9.17, 15) is 4.39 Å². The van der Waals surface area contributed by atoms with Gasteiger partial charge in [0.05, 0.1) is 12.4 Å². The van der Waals surface area contributed by atoms with Crippen molar-refractivity contribution in [3.8, 4) is 5.69 Å². The molecule has 0 saturated carbocycles. The molecule has 2 rings (SSSR count). The van der Waals surface area contributed by atoms with E-state index >= 15 is 0 Å². The minimum atomic E-state index is -0.271. The maximum absolute atomic E-state index is 12.0. The lowest BCUT2D eigenvalue weighted by Gasteiger charge is -2.14. The van der Waals surface area contributed by atoms with Crippen LogP contribution in [0.15, 0.2) is 42.7 Å². The molecule has 4 heteroatoms. The van der Waals surface area contributed by atoms with Gasteiger partial charge in [0.25, 0.3) is 0 Å². The molecule has 1 heterocycles. The molecule has 1 atom stereocenters. The monoisotopic (exact) mass is 247 g/mol. The Morgan fingerprint density at radius 1 is 1.39 bits per heavy atom. The molecule has 0 aliphatic carbocycles. The lowest BCUT2D eigenvalue weighted by Crippen LogP contribution is -2.20. The molecule has 3 nitrogen and oxygen atoms in total. The number of benzene rings is 1. The van der Waals surface area contributed by atoms with E-state index < -0.39 is 0 Å². The Morgan fingerprint density at radius 2 is 2.28 bits per heavy atom. The first-order valence-electron chi connectivity index (χ1n) is 6.20. The van der Waals surface area contributed by atoms with Crippen LogP contribution in [0, 0.1) is 0 Å². The van der Waals surface area contributed by atoms with Crippen LogP contribution in [0.25, 0.3) is 5.69 Å². The van der Waals surface area contributed by atoms with Gasteiger partial charge in [0.15, 0.2) is 0 Å². The van der Waals surface area contributed by atoms with Gasteiger partial charge in [-0.2, -0.15) is 5.10 Å². The molecule has 0 unspecified atom stereocenters. The van der Waals surface area contributed by atoms with Crippen molar-refractivity contribution in [2.24, 2.45) is 0 Å². The van der Waals surface area contributed by atoms with Crippen molar-refractivity contribution in [1.82, 2.24) is 15.1 Å². The zero-order valence-electron chi connectivity index (χ0n) is 10.5. The summed E-state index contributed by atoms with van der Waals surface area (Å²) in [4.78, 5) is 0. The summed E-state index contributed by atoms with van der Waals surface area (Å²) >= 11 is 0. The Bertz CT molecular complexity index is 468. The minimum Gasteiger partial charge on any atom is -0.310 e. The highest BCUT2D eigenvalue weighted by Gasteiger charge is 2.05. The van der Waals surface area contributed by atoms with Crippen molar-refractivity contribution in [3.63, 3.8) is 0 Å². The van der Waals surface area contributed by atoms with Crippen LogP contribution in [0.3, 0.4) is 0 Å². The van der Waals surface area contributed by atoms with Crippen molar-refractivity contribution >= 4 is 0 Å². The molecule has 0 saturated heterocycles. The first-order valence-corrected chi connectivity index (χ1v) is 6.20. The number of rotatable bonds is 6. The molecule has 0 radical (unpaired) electrons. The van der Waals surface area contributed by atoms with Gasteiger partial charge in [0, 0.05) is 18.4 Å². The molecule has 0 fully saturated rings. The first kappa shape index (κ1) is 12.8. The second-order valence-electron chi connectivity index (χ2n) is 4.26. The van der Waals surface area contributed by atoms with Crippen LogP contribution < -0.4 is 5.32 Å². The van der Waals surface area contributed by atoms with Crippen LogP contribution >= 0.6 is 0 Å². The first-order chi connectivity index (χ1) is 8.81. The van der Waals surface area contributed by atoms with Gasteiger partial charge in [-0.15, -0.1) is 0 Å². The summed E-state index contributed by atoms with van der Waals surface area (Å²) in [6, 6.07) is 10.3. The van der Waals surface area contributed by atoms with Gasteiger partial charge in [-0.1, -0.05) is 12.1 Å². The molecule has 96 valence electrons. The Morgan fingerprint density at radius 3 is 3.00 bits per heavy atom. The molecule has 18 heavy (non-hydrogen) atoms. The molecule has 1 aromatic carbocycles. The van der Waals surface area contributed by atoms with E-state index in [1.54, 1.807) is 6.20 Å². The van der Waals surface area contributed by atoms with E-state index in [2.05, 4.69) is 29.5 Å². The lowest BCUT2D eigenvalue weighted by molar-refractivity contribution is 0.446. The maximum Gasteiger partial charge on any atom is 0.0906 e. The number of halogens is 1. The van der Waals surface area contributed by atoms with Crippen LogP contribution in [-0.2, 0) is 0 Å². The summed E-state index contributed by atoms with van der Waals surface area (Å²) in [6.07, 6.45) is 4.24. The number of aromatic nitrogens is 2. The van der Waals surface area contributed by atoms with Crippen LogP contribution in [0.1, 0.15) is 24.9 Å². The van der Waals surface area contributed by atoms with Crippen molar-refractivity contribution < 1.29 is 4.39 Å². The highest BCUT2D eigenvalue weighted by Crippen LogP contribution is 2.16. The van der Waals surface area contributed by atoms with Gasteiger partial charge in [-0.05, 0) is 43.7 Å². The third-order valence-electron chi connectivity index (χ3n) is 2.90. The summed E-state index contributed by atoms with van der Waals surface area (Å²) in [5.74, 6) is 0. The van der Waals surface area contributed by atoms with Gasteiger partial charge >= 0.3 is 0 Å². The van der Waals surface area contributed by atoms with E-state index in [0.717, 1.165) is 5.69 Å². The summed E-state index contributed by atoms with van der Waals surface area (Å²) < 4.78 is 13.9. The number of hydrogen-bond donors (Lipinski definition) is 1. The molecule has 1 N–H and O–H groups in total. The summed E-state index contributed by atoms with van der Waals surface area (Å²) in [5, 5.41) is 7.51. The van der Waals surface area contributed by atoms with Gasteiger partial charge in [0.2, 0.25) is 0 Å². The van der Waals surface area contributed by atoms with Gasteiger partial charge in [-0.25, -0.2) is 4.68 Å². The predicted octanol–water partition coefficient (Wildman–Crippen LogP) is 2.88. The molecule has 2 aromatic rings. The fraction of sp³-hybridized carbons (Fsp3) is 0.357. The zero-order valence-corrected chi connectivity index (χ0v) is 10.5. The van der Waals surface area contributed by atoms with E-state index in [1.165, 1.54) is 5.56 Å². The highest BCUT2D eigenvalue weighted by molar-refractivity contribution is 5.36. The average Bonchev–Trinajstić information content (AvgIpc) is 2.93. The molecule has 0 bridgehead atoms. The van der Waals surface area contributed by atoms with Crippen molar-refractivity contribution in [3.05, 3.63) is 48.3 Å². The molecule has 0 amide bonds. The Hall–Kier alpha value is -1.68. The fourth-order valence-electron chi connectivity index (χ4n) is 1.86. The molecular weight excluding hydrogens is 229 g/mol. The van der Waals surface area contributed by atoms with E-state index in [-0.39, 0.29) is 12.7 Å². The van der Waals surface area contributed by atoms with E-state index in [0.29, 0.717) is 13.0 Å². The Balaban J connectivity index is 2.07. The molecule has 0 spiro atoms. The number of hydrogen-bond acceptors (Lipinski definition) is 2. The van der Waals surface area contributed by atoms with Gasteiger partial charge in [-0.3, -0.25) is 4.39 Å². The number of nitrogens with one attached hydrogen (secondary N) is 1. The van der Waals surface area contributed by atoms with Gasteiger partial charge < -0.3 is 5.32 Å². The topological polar surface area (TPSA) is 29.9 Å². The normalized spacial score (nSPS) is 12.6. The number of nitrogens with zero attached hydrogens (tertiary/aromatic N) is 2. The van der Waals surface area contributed by atoms with Crippen molar-refractivity contribution in [2.75, 3.05) is 13.2 Å². The summed E-state index contributed by atoms with van der Waals surface area (Å²) in [7, 11) is 0. The van der Waals surface area contributed by atoms with Crippen LogP contribution in [0.5, 0.6) is 0 Å². The second-order valence-corrected chi connectivity index (χ2v) is 4.26. The summed E-state index contributed by atoms with van der Waals surface area (Å²) in [6.45, 7) is 2.51. The largest absolute Gasteiger partial charge is 0.310 e. The SMILES string of the molecule is C[C@@H](NCCCF)c1cccc(-n2cccn2)c1. The van der Waals surface area contributed by atoms with Crippen LogP contribution in [0.4, 0.5) is 4.39 Å². The second kappa shape index (κ2) is 6.31. The van der Waals surface area contributed by atoms with Crippen LogP contribution in [0.2, 0.25) is 0 Å². The quantitative estimate of drug-likeness (QED) is 0.795. The number of alkyl halides is 1. The van der Waals surface area contributed by atoms with E-state index in [4.69, 9.17) is 0 Å². The van der Waals surface area contributed by atoms with E-state index in [1.807, 2.05) is 29.1 Å². The van der Waals surface area contributed by atoms with Crippen LogP contribution in [-0.4, -0.2) is 23.0 Å². The molecular formula is C14H18FN3. The Kier molecular flexibility index (Phi) is 4.47. The molecule has 0 aliphatic rings. The Labute approximate surface area is 107 Å². The molecule has 0 aliphatic heterocycles. The zero-order chi connectivity index (χ0) is 12.8. The average molecular weight is 247 g/mol. The standard InChI is InChI=1S/C14H18FN3/c1-12(16-8-3-7-15)13-5-2-6-14(11-13)18-10-4-9-17-18/h2,4-6,9-12,16H,3,7-8H2,1H3/t12-/m1/s1. The lowest BCUT2D eigenvalue weighted by atomic mass is 10.1. The van der Waals surface area contributed by atoms with Crippen molar-refractivity contribution in [1.29, 1.82) is 0 Å².